The molecule has 1 heterocycles. The third kappa shape index (κ3) is 8.60. The Morgan fingerprint density at radius 1 is 0.850 bits per heavy atom. The molecule has 3 aromatic carbocycles. The van der Waals surface area contributed by atoms with Gasteiger partial charge >= 0.3 is 18.9 Å². The molecule has 4 rings (SSSR count). The van der Waals surface area contributed by atoms with Gasteiger partial charge in [-0.3, -0.25) is 9.78 Å². The van der Waals surface area contributed by atoms with E-state index in [-0.39, 0.29) is 18.9 Å². The minimum atomic E-state index is -1.27. The van der Waals surface area contributed by atoms with Crippen LogP contribution in [0, 0.1) is 6.92 Å². The van der Waals surface area contributed by atoms with Crippen LogP contribution in [0.1, 0.15) is 44.6 Å². The zero-order valence-corrected chi connectivity index (χ0v) is 24.2. The molecule has 1 amide bonds. The molecule has 0 saturated carbocycles. The first-order chi connectivity index (χ1) is 18.9. The van der Waals surface area contributed by atoms with E-state index in [0.29, 0.717) is 17.7 Å². The number of amides is 1. The standard InChI is InChI=1S/C33H34N2O3S.Li/c1-23-8-6-7-11-28(23)30-20-25(14-15-29(30)32(36)35-31(33(37)38)16-17-39-2)12-13-26-19-27(22-34-21-26)18-24-9-4-3-5-10-24;/h3-11,14-15,19-22,31H,12-13,16-18H2,1-2H3,(H,35,36)(H,37,38);/q;+1/p-1/t31-;/m0./s1. The van der Waals surface area contributed by atoms with E-state index in [4.69, 9.17) is 0 Å². The molecule has 5 nitrogen and oxygen atoms in total. The van der Waals surface area contributed by atoms with Gasteiger partial charge in [0.2, 0.25) is 0 Å². The molecule has 0 aliphatic rings. The summed E-state index contributed by atoms with van der Waals surface area (Å²) in [6.45, 7) is 2.01. The number of pyridine rings is 1. The number of aromatic nitrogens is 1. The average Bonchev–Trinajstić information content (AvgIpc) is 2.95. The Bertz CT molecular complexity index is 1430. The molecule has 0 aliphatic carbocycles. The van der Waals surface area contributed by atoms with Crippen LogP contribution in [-0.2, 0) is 24.1 Å². The molecule has 1 N–H and O–H groups in total. The molecule has 0 bridgehead atoms. The Balaban J connectivity index is 0.00000441. The number of carboxylic acid groups (broad SMARTS) is 1. The largest absolute Gasteiger partial charge is 1.00 e. The number of nitrogens with one attached hydrogen (secondary N) is 1. The van der Waals surface area contributed by atoms with E-state index in [2.05, 4.69) is 34.6 Å². The third-order valence-electron chi connectivity index (χ3n) is 6.77. The van der Waals surface area contributed by atoms with E-state index >= 15 is 0 Å². The molecular formula is C33H33LiN2O3S. The van der Waals surface area contributed by atoms with E-state index in [0.717, 1.165) is 47.1 Å². The van der Waals surface area contributed by atoms with Crippen molar-refractivity contribution in [3.05, 3.63) is 125 Å². The third-order valence-corrected chi connectivity index (χ3v) is 7.41. The van der Waals surface area contributed by atoms with Crippen molar-refractivity contribution in [1.82, 2.24) is 10.3 Å². The van der Waals surface area contributed by atoms with Gasteiger partial charge in [0.05, 0.1) is 12.0 Å². The van der Waals surface area contributed by atoms with Gasteiger partial charge in [0.1, 0.15) is 0 Å². The van der Waals surface area contributed by atoms with Gasteiger partial charge in [-0.1, -0.05) is 72.8 Å². The maximum Gasteiger partial charge on any atom is 1.00 e. The molecule has 0 fully saturated rings. The fourth-order valence-electron chi connectivity index (χ4n) is 4.66. The molecular weight excluding hydrogens is 511 g/mol. The molecule has 200 valence electrons. The maximum absolute atomic E-state index is 13.3. The molecule has 7 heteroatoms. The summed E-state index contributed by atoms with van der Waals surface area (Å²) in [7, 11) is 0. The molecule has 0 spiro atoms. The number of carboxylic acids is 1. The Hall–Kier alpha value is -3.30. The molecule has 1 aromatic heterocycles. The van der Waals surface area contributed by atoms with Crippen LogP contribution in [0.25, 0.3) is 11.1 Å². The number of rotatable bonds is 12. The summed E-state index contributed by atoms with van der Waals surface area (Å²) in [5, 5.41) is 14.3. The SMILES string of the molecule is CSCC[C@H](NC(=O)c1ccc(CCc2cncc(Cc3ccccc3)c2)cc1-c1ccccc1C)C(=O)[O-].[Li+]. The topological polar surface area (TPSA) is 82.1 Å². The van der Waals surface area contributed by atoms with Gasteiger partial charge in [0, 0.05) is 18.0 Å². The van der Waals surface area contributed by atoms with E-state index in [1.54, 1.807) is 6.07 Å². The number of benzene rings is 3. The quantitative estimate of drug-likeness (QED) is 0.276. The van der Waals surface area contributed by atoms with Crippen molar-refractivity contribution in [2.45, 2.75) is 38.6 Å². The smallest absolute Gasteiger partial charge is 0.548 e. The van der Waals surface area contributed by atoms with Crippen molar-refractivity contribution in [1.29, 1.82) is 0 Å². The number of nitrogens with zero attached hydrogens (tertiary/aromatic N) is 1. The first kappa shape index (κ1) is 31.2. The summed E-state index contributed by atoms with van der Waals surface area (Å²) < 4.78 is 0. The fraction of sp³-hybridized carbons (Fsp3) is 0.242. The number of thioether (sulfide) groups is 1. The monoisotopic (exact) mass is 544 g/mol. The van der Waals surface area contributed by atoms with E-state index < -0.39 is 17.9 Å². The summed E-state index contributed by atoms with van der Waals surface area (Å²) >= 11 is 1.53. The fourth-order valence-corrected chi connectivity index (χ4v) is 5.13. The number of carbonyl (C=O) groups excluding carboxylic acids is 2. The van der Waals surface area contributed by atoms with Gasteiger partial charge in [-0.05, 0) is 89.6 Å². The minimum Gasteiger partial charge on any atom is -0.548 e. The average molecular weight is 545 g/mol. The maximum atomic E-state index is 13.3. The molecule has 0 saturated heterocycles. The number of hydrogen-bond donors (Lipinski definition) is 1. The van der Waals surface area contributed by atoms with Crippen LogP contribution in [0.15, 0.2) is 91.3 Å². The second-order valence-corrected chi connectivity index (χ2v) is 10.7. The van der Waals surface area contributed by atoms with Crippen molar-refractivity contribution >= 4 is 23.6 Å². The van der Waals surface area contributed by atoms with E-state index in [1.165, 1.54) is 22.9 Å². The normalized spacial score (nSPS) is 11.3. The Morgan fingerprint density at radius 3 is 2.27 bits per heavy atom. The summed E-state index contributed by atoms with van der Waals surface area (Å²) in [6, 6.07) is 25.2. The summed E-state index contributed by atoms with van der Waals surface area (Å²) in [5.41, 5.74) is 7.92. The van der Waals surface area contributed by atoms with Crippen molar-refractivity contribution < 1.29 is 33.6 Å². The first-order valence-electron chi connectivity index (χ1n) is 13.1. The van der Waals surface area contributed by atoms with Gasteiger partial charge in [-0.15, -0.1) is 0 Å². The van der Waals surface area contributed by atoms with Gasteiger partial charge in [0.15, 0.2) is 0 Å². The zero-order chi connectivity index (χ0) is 27.6. The van der Waals surface area contributed by atoms with Gasteiger partial charge in [0.25, 0.3) is 5.91 Å². The van der Waals surface area contributed by atoms with Gasteiger partial charge in [-0.2, -0.15) is 11.8 Å². The predicted molar refractivity (Wildman–Crippen MR) is 157 cm³/mol. The Labute approximate surface area is 253 Å². The molecule has 4 aromatic rings. The molecule has 1 atom stereocenters. The number of aryl methyl sites for hydroxylation is 3. The first-order valence-corrected chi connectivity index (χ1v) is 14.5. The van der Waals surface area contributed by atoms with Crippen molar-refractivity contribution in [3.8, 4) is 11.1 Å². The number of carbonyl (C=O) groups is 2. The van der Waals surface area contributed by atoms with Gasteiger partial charge < -0.3 is 15.2 Å². The van der Waals surface area contributed by atoms with Crippen LogP contribution in [0.2, 0.25) is 0 Å². The van der Waals surface area contributed by atoms with E-state index in [9.17, 15) is 14.7 Å². The molecule has 0 unspecified atom stereocenters. The molecule has 40 heavy (non-hydrogen) atoms. The van der Waals surface area contributed by atoms with Gasteiger partial charge in [-0.25, -0.2) is 0 Å². The second kappa shape index (κ2) is 15.5. The van der Waals surface area contributed by atoms with Crippen LogP contribution in [0.5, 0.6) is 0 Å². The van der Waals surface area contributed by atoms with Crippen molar-refractivity contribution in [2.75, 3.05) is 12.0 Å². The minimum absolute atomic E-state index is 0. The number of aliphatic carboxylic acids is 1. The molecule has 0 radical (unpaired) electrons. The summed E-state index contributed by atoms with van der Waals surface area (Å²) in [4.78, 5) is 29.4. The second-order valence-electron chi connectivity index (χ2n) is 9.69. The summed E-state index contributed by atoms with van der Waals surface area (Å²) in [6.07, 6.45) is 8.48. The van der Waals surface area contributed by atoms with Crippen LogP contribution in [0.4, 0.5) is 0 Å². The predicted octanol–water partition coefficient (Wildman–Crippen LogP) is 2.04. The number of hydrogen-bond acceptors (Lipinski definition) is 5. The zero-order valence-electron chi connectivity index (χ0n) is 23.4. The Kier molecular flexibility index (Phi) is 12.1. The van der Waals surface area contributed by atoms with Crippen molar-refractivity contribution in [3.63, 3.8) is 0 Å². The Morgan fingerprint density at radius 2 is 1.55 bits per heavy atom. The van der Waals surface area contributed by atoms with Crippen LogP contribution >= 0.6 is 11.8 Å². The van der Waals surface area contributed by atoms with E-state index in [1.807, 2.05) is 74.1 Å². The van der Waals surface area contributed by atoms with Crippen LogP contribution in [-0.4, -0.2) is 34.9 Å². The van der Waals surface area contributed by atoms with Crippen LogP contribution < -0.4 is 29.3 Å². The summed E-state index contributed by atoms with van der Waals surface area (Å²) in [5.74, 6) is -1.06. The van der Waals surface area contributed by atoms with Crippen LogP contribution in [0.3, 0.4) is 0 Å². The molecule has 0 aliphatic heterocycles. The van der Waals surface area contributed by atoms with Crippen molar-refractivity contribution in [2.24, 2.45) is 0 Å².